The molecule has 0 aliphatic carbocycles. The Kier molecular flexibility index (Phi) is 10.6. The topological polar surface area (TPSA) is 128 Å². The van der Waals surface area contributed by atoms with Gasteiger partial charge in [0.15, 0.2) is 0 Å². The minimum atomic E-state index is -0.935. The number of nitrogens with one attached hydrogen (secondary N) is 3. The van der Waals surface area contributed by atoms with Gasteiger partial charge in [0.1, 0.15) is 12.1 Å². The Labute approximate surface area is 222 Å². The minimum Gasteiger partial charge on any atom is -0.481 e. The van der Waals surface area contributed by atoms with Crippen molar-refractivity contribution >= 4 is 47.9 Å². The Bertz CT molecular complexity index is 948. The van der Waals surface area contributed by atoms with Crippen LogP contribution < -0.4 is 16.0 Å². The number of halogens is 1. The van der Waals surface area contributed by atoms with E-state index >= 15 is 0 Å². The van der Waals surface area contributed by atoms with Crippen LogP contribution >= 0.6 is 24.2 Å². The number of carbonyl (C=O) groups is 4. The molecule has 11 heteroatoms. The van der Waals surface area contributed by atoms with Gasteiger partial charge in [-0.2, -0.15) is 0 Å². The second-order valence-electron chi connectivity index (χ2n) is 9.93. The zero-order chi connectivity index (χ0) is 25.8. The molecule has 3 amide bonds. The van der Waals surface area contributed by atoms with Crippen molar-refractivity contribution in [3.05, 3.63) is 35.9 Å². The van der Waals surface area contributed by atoms with Crippen molar-refractivity contribution in [3.63, 3.8) is 0 Å². The molecule has 36 heavy (non-hydrogen) atoms. The van der Waals surface area contributed by atoms with E-state index in [0.29, 0.717) is 18.6 Å². The molecule has 0 spiro atoms. The zero-order valence-electron chi connectivity index (χ0n) is 21.2. The molecule has 9 nitrogen and oxygen atoms in total. The van der Waals surface area contributed by atoms with Gasteiger partial charge in [-0.15, -0.1) is 24.2 Å². The van der Waals surface area contributed by atoms with Crippen LogP contribution in [0.15, 0.2) is 30.3 Å². The standard InChI is InChI=1S/C25H36N4O5S.ClH/c1-15(26-4)22(32)28-18-12-13-35-19-14-25(2,3)21(29(19)24(18)34)23(33)27-17(10-11-20(30)31)16-8-6-5-7-9-16;/h5-9,15,17-19,21,26H,10-14H2,1-4H3,(H,27,33)(H,28,32)(H,30,31);1H/t15?,17?,18-,19-,21+;/m0./s1. The number of thioether (sulfide) groups is 1. The number of likely N-dealkylation sites (N-methyl/N-ethyl adjacent to an activating group) is 1. The third kappa shape index (κ3) is 6.92. The lowest BCUT2D eigenvalue weighted by Gasteiger charge is -2.35. The number of aliphatic carboxylic acids is 1. The van der Waals surface area contributed by atoms with Gasteiger partial charge in [-0.25, -0.2) is 0 Å². The van der Waals surface area contributed by atoms with Crippen molar-refractivity contribution in [3.8, 4) is 0 Å². The molecule has 0 bridgehead atoms. The van der Waals surface area contributed by atoms with E-state index in [2.05, 4.69) is 16.0 Å². The molecule has 0 radical (unpaired) electrons. The lowest BCUT2D eigenvalue weighted by atomic mass is 9.83. The molecule has 5 atom stereocenters. The number of nitrogens with zero attached hydrogens (tertiary/aromatic N) is 1. The second-order valence-corrected chi connectivity index (χ2v) is 11.2. The van der Waals surface area contributed by atoms with Crippen molar-refractivity contribution in [2.75, 3.05) is 12.8 Å². The van der Waals surface area contributed by atoms with Crippen LogP contribution in [0.1, 0.15) is 58.1 Å². The minimum absolute atomic E-state index is 0. The number of rotatable bonds is 9. The van der Waals surface area contributed by atoms with Crippen LogP contribution in [0.4, 0.5) is 0 Å². The summed E-state index contributed by atoms with van der Waals surface area (Å²) in [5.41, 5.74) is 0.326. The molecule has 1 aromatic carbocycles. The van der Waals surface area contributed by atoms with Crippen LogP contribution in [0.5, 0.6) is 0 Å². The summed E-state index contributed by atoms with van der Waals surface area (Å²) in [6, 6.07) is 6.91. The first kappa shape index (κ1) is 29.9. The van der Waals surface area contributed by atoms with E-state index in [1.54, 1.807) is 30.6 Å². The lowest BCUT2D eigenvalue weighted by molar-refractivity contribution is -0.144. The maximum atomic E-state index is 13.7. The summed E-state index contributed by atoms with van der Waals surface area (Å²) < 4.78 is 0. The number of carboxylic acids is 1. The van der Waals surface area contributed by atoms with Gasteiger partial charge in [0.25, 0.3) is 0 Å². The highest BCUT2D eigenvalue weighted by atomic mass is 35.5. The van der Waals surface area contributed by atoms with E-state index in [4.69, 9.17) is 0 Å². The third-order valence-corrected chi connectivity index (χ3v) is 8.11. The molecule has 2 unspecified atom stereocenters. The quantitative estimate of drug-likeness (QED) is 0.378. The monoisotopic (exact) mass is 540 g/mol. The summed E-state index contributed by atoms with van der Waals surface area (Å²) in [5, 5.41) is 17.8. The molecule has 0 aromatic heterocycles. The average molecular weight is 541 g/mol. The first-order valence-corrected chi connectivity index (χ1v) is 13.1. The molecule has 2 aliphatic heterocycles. The van der Waals surface area contributed by atoms with E-state index < -0.39 is 35.6 Å². The normalized spacial score (nSPS) is 24.5. The van der Waals surface area contributed by atoms with Gasteiger partial charge < -0.3 is 26.0 Å². The molecular weight excluding hydrogens is 504 g/mol. The molecule has 4 N–H and O–H groups in total. The number of fused-ring (bicyclic) bond motifs is 1. The summed E-state index contributed by atoms with van der Waals surface area (Å²) in [6.45, 7) is 5.68. The van der Waals surface area contributed by atoms with E-state index in [0.717, 1.165) is 5.56 Å². The smallest absolute Gasteiger partial charge is 0.303 e. The van der Waals surface area contributed by atoms with Crippen LogP contribution in [0.2, 0.25) is 0 Å². The Balaban J connectivity index is 0.00000456. The van der Waals surface area contributed by atoms with E-state index in [1.165, 1.54) is 0 Å². The summed E-state index contributed by atoms with van der Waals surface area (Å²) in [6.07, 6.45) is 1.30. The van der Waals surface area contributed by atoms with Gasteiger partial charge in [-0.05, 0) is 50.0 Å². The van der Waals surface area contributed by atoms with E-state index in [9.17, 15) is 24.3 Å². The summed E-state index contributed by atoms with van der Waals surface area (Å²) in [5.74, 6) is -1.05. The van der Waals surface area contributed by atoms with Crippen LogP contribution in [0, 0.1) is 5.41 Å². The van der Waals surface area contributed by atoms with Crippen molar-refractivity contribution < 1.29 is 24.3 Å². The fourth-order valence-corrected chi connectivity index (χ4v) is 6.38. The Hall–Kier alpha value is -2.30. The van der Waals surface area contributed by atoms with Crippen LogP contribution in [0.3, 0.4) is 0 Å². The van der Waals surface area contributed by atoms with Crippen LogP contribution in [-0.4, -0.2) is 70.0 Å². The molecule has 2 aliphatic rings. The van der Waals surface area contributed by atoms with Crippen LogP contribution in [0.25, 0.3) is 0 Å². The SMILES string of the molecule is CNC(C)C(=O)N[C@H]1CCS[C@H]2CC(C)(C)[C@@H](C(=O)NC(CCC(=O)O)c3ccccc3)N2C1=O.Cl. The van der Waals surface area contributed by atoms with Crippen molar-refractivity contribution in [1.82, 2.24) is 20.9 Å². The molecule has 3 rings (SSSR count). The molecule has 2 fully saturated rings. The van der Waals surface area contributed by atoms with Crippen LogP contribution in [-0.2, 0) is 19.2 Å². The number of hydrogen-bond acceptors (Lipinski definition) is 6. The second kappa shape index (κ2) is 12.8. The summed E-state index contributed by atoms with van der Waals surface area (Å²) in [4.78, 5) is 52.8. The molecule has 200 valence electrons. The fraction of sp³-hybridized carbons (Fsp3) is 0.600. The number of amides is 3. The van der Waals surface area contributed by atoms with Crippen molar-refractivity contribution in [2.24, 2.45) is 5.41 Å². The number of carbonyl (C=O) groups excluding carboxylic acids is 3. The summed E-state index contributed by atoms with van der Waals surface area (Å²) >= 11 is 1.64. The lowest BCUT2D eigenvalue weighted by Crippen LogP contribution is -2.58. The van der Waals surface area contributed by atoms with Gasteiger partial charge in [0, 0.05) is 6.42 Å². The molecule has 2 saturated heterocycles. The maximum Gasteiger partial charge on any atom is 0.303 e. The van der Waals surface area contributed by atoms with Gasteiger partial charge in [0.2, 0.25) is 17.7 Å². The first-order chi connectivity index (χ1) is 16.5. The highest BCUT2D eigenvalue weighted by Gasteiger charge is 2.54. The zero-order valence-corrected chi connectivity index (χ0v) is 22.8. The Morgan fingerprint density at radius 3 is 2.50 bits per heavy atom. The third-order valence-electron chi connectivity index (χ3n) is 6.86. The van der Waals surface area contributed by atoms with E-state index in [1.807, 2.05) is 44.2 Å². The number of carboxylic acid groups (broad SMARTS) is 1. The molecule has 1 aromatic rings. The molecular formula is C25H37ClN4O5S. The van der Waals surface area contributed by atoms with E-state index in [-0.39, 0.29) is 48.3 Å². The average Bonchev–Trinajstić information content (AvgIpc) is 3.01. The highest BCUT2D eigenvalue weighted by Crippen LogP contribution is 2.46. The Morgan fingerprint density at radius 2 is 1.89 bits per heavy atom. The molecule has 0 saturated carbocycles. The number of hydrogen-bond donors (Lipinski definition) is 4. The van der Waals surface area contributed by atoms with Crippen molar-refractivity contribution in [1.29, 1.82) is 0 Å². The maximum absolute atomic E-state index is 13.7. The van der Waals surface area contributed by atoms with Gasteiger partial charge in [0.05, 0.1) is 17.5 Å². The van der Waals surface area contributed by atoms with Crippen molar-refractivity contribution in [2.45, 2.75) is 76.0 Å². The molecule has 2 heterocycles. The number of benzene rings is 1. The first-order valence-electron chi connectivity index (χ1n) is 12.0. The van der Waals surface area contributed by atoms with Gasteiger partial charge in [-0.3, -0.25) is 19.2 Å². The predicted molar refractivity (Wildman–Crippen MR) is 142 cm³/mol. The Morgan fingerprint density at radius 1 is 1.22 bits per heavy atom. The highest BCUT2D eigenvalue weighted by molar-refractivity contribution is 7.99. The van der Waals surface area contributed by atoms with Gasteiger partial charge >= 0.3 is 5.97 Å². The summed E-state index contributed by atoms with van der Waals surface area (Å²) in [7, 11) is 1.68. The predicted octanol–water partition coefficient (Wildman–Crippen LogP) is 2.31. The fourth-order valence-electron chi connectivity index (χ4n) is 4.81. The van der Waals surface area contributed by atoms with Gasteiger partial charge in [-0.1, -0.05) is 44.2 Å². The largest absolute Gasteiger partial charge is 0.481 e.